The summed E-state index contributed by atoms with van der Waals surface area (Å²) in [4.78, 5) is 23.4. The zero-order chi connectivity index (χ0) is 17.5. The Kier molecular flexibility index (Phi) is 5.53. The highest BCUT2D eigenvalue weighted by molar-refractivity contribution is 5.96. The lowest BCUT2D eigenvalue weighted by Gasteiger charge is -2.10. The summed E-state index contributed by atoms with van der Waals surface area (Å²) >= 11 is 0. The molecule has 0 unspecified atom stereocenters. The third-order valence-corrected chi connectivity index (χ3v) is 3.24. The quantitative estimate of drug-likeness (QED) is 0.786. The van der Waals surface area contributed by atoms with Gasteiger partial charge in [0.1, 0.15) is 12.4 Å². The maximum atomic E-state index is 11.7. The van der Waals surface area contributed by atoms with Crippen LogP contribution >= 0.6 is 0 Å². The predicted molar refractivity (Wildman–Crippen MR) is 84.6 cm³/mol. The third kappa shape index (κ3) is 4.11. The van der Waals surface area contributed by atoms with Gasteiger partial charge >= 0.3 is 11.9 Å². The zero-order valence-corrected chi connectivity index (χ0v) is 13.2. The van der Waals surface area contributed by atoms with Crippen LogP contribution < -0.4 is 4.74 Å². The monoisotopic (exact) mass is 325 g/mol. The SMILES string of the molecule is COC(=O)c1cc(OCc2ccc(C#N)cc2)cc(C(=O)OC)c1. The van der Waals surface area contributed by atoms with Crippen molar-refractivity contribution in [2.45, 2.75) is 6.61 Å². The maximum Gasteiger partial charge on any atom is 0.338 e. The molecule has 2 aromatic carbocycles. The molecule has 6 heteroatoms. The Morgan fingerprint density at radius 3 is 1.96 bits per heavy atom. The number of nitriles is 1. The van der Waals surface area contributed by atoms with E-state index < -0.39 is 11.9 Å². The van der Waals surface area contributed by atoms with E-state index in [-0.39, 0.29) is 17.7 Å². The van der Waals surface area contributed by atoms with E-state index in [0.717, 1.165) is 5.56 Å². The van der Waals surface area contributed by atoms with Gasteiger partial charge in [0, 0.05) is 0 Å². The first-order valence-electron chi connectivity index (χ1n) is 7.01. The average molecular weight is 325 g/mol. The van der Waals surface area contributed by atoms with E-state index in [2.05, 4.69) is 9.47 Å². The topological polar surface area (TPSA) is 85.6 Å². The first-order valence-corrected chi connectivity index (χ1v) is 7.01. The lowest BCUT2D eigenvalue weighted by atomic mass is 10.1. The molecule has 0 heterocycles. The van der Waals surface area contributed by atoms with E-state index in [9.17, 15) is 9.59 Å². The van der Waals surface area contributed by atoms with Gasteiger partial charge in [-0.15, -0.1) is 0 Å². The van der Waals surface area contributed by atoms with Gasteiger partial charge in [0.15, 0.2) is 0 Å². The highest BCUT2D eigenvalue weighted by atomic mass is 16.5. The molecule has 24 heavy (non-hydrogen) atoms. The predicted octanol–water partition coefficient (Wildman–Crippen LogP) is 2.71. The van der Waals surface area contributed by atoms with Crippen LogP contribution in [0.1, 0.15) is 31.8 Å². The van der Waals surface area contributed by atoms with Crippen molar-refractivity contribution in [3.05, 3.63) is 64.7 Å². The van der Waals surface area contributed by atoms with Gasteiger partial charge in [0.2, 0.25) is 0 Å². The lowest BCUT2D eigenvalue weighted by molar-refractivity contribution is 0.0598. The summed E-state index contributed by atoms with van der Waals surface area (Å²) in [6.07, 6.45) is 0. The minimum absolute atomic E-state index is 0.190. The van der Waals surface area contributed by atoms with E-state index in [1.165, 1.54) is 32.4 Å². The molecule has 0 aliphatic rings. The second-order valence-electron chi connectivity index (χ2n) is 4.83. The molecule has 0 amide bonds. The Labute approximate surface area is 139 Å². The van der Waals surface area contributed by atoms with Gasteiger partial charge in [0.05, 0.1) is 37.0 Å². The number of nitrogens with zero attached hydrogens (tertiary/aromatic N) is 1. The lowest BCUT2D eigenvalue weighted by Crippen LogP contribution is -2.07. The largest absolute Gasteiger partial charge is 0.489 e. The fraction of sp³-hybridized carbons (Fsp3) is 0.167. The molecule has 0 aliphatic carbocycles. The fourth-order valence-electron chi connectivity index (χ4n) is 2.00. The van der Waals surface area contributed by atoms with Crippen LogP contribution in [0.5, 0.6) is 5.75 Å². The summed E-state index contributed by atoms with van der Waals surface area (Å²) in [7, 11) is 2.51. The molecule has 2 rings (SSSR count). The van der Waals surface area contributed by atoms with Crippen LogP contribution in [0.25, 0.3) is 0 Å². The summed E-state index contributed by atoms with van der Waals surface area (Å²) in [5.74, 6) is -0.824. The number of hydrogen-bond donors (Lipinski definition) is 0. The summed E-state index contributed by atoms with van der Waals surface area (Å²) < 4.78 is 15.0. The van der Waals surface area contributed by atoms with Crippen molar-refractivity contribution in [2.24, 2.45) is 0 Å². The number of carbonyl (C=O) groups is 2. The van der Waals surface area contributed by atoms with Gasteiger partial charge in [0.25, 0.3) is 0 Å². The highest BCUT2D eigenvalue weighted by Gasteiger charge is 2.14. The molecule has 6 nitrogen and oxygen atoms in total. The average Bonchev–Trinajstić information content (AvgIpc) is 2.65. The molecule has 122 valence electrons. The molecular formula is C18H15NO5. The molecule has 0 spiro atoms. The molecular weight excluding hydrogens is 310 g/mol. The third-order valence-electron chi connectivity index (χ3n) is 3.24. The highest BCUT2D eigenvalue weighted by Crippen LogP contribution is 2.20. The van der Waals surface area contributed by atoms with Gasteiger partial charge in [-0.25, -0.2) is 9.59 Å². The molecule has 0 N–H and O–H groups in total. The number of carbonyl (C=O) groups excluding carboxylic acids is 2. The minimum atomic E-state index is -0.580. The number of rotatable bonds is 5. The molecule has 2 aromatic rings. The minimum Gasteiger partial charge on any atom is -0.489 e. The standard InChI is InChI=1S/C18H15NO5/c1-22-17(20)14-7-15(18(21)23-2)9-16(8-14)24-11-13-5-3-12(10-19)4-6-13/h3-9H,11H2,1-2H3. The summed E-state index contributed by atoms with van der Waals surface area (Å²) in [5, 5.41) is 8.78. The second kappa shape index (κ2) is 7.79. The van der Waals surface area contributed by atoms with Crippen LogP contribution in [0, 0.1) is 11.3 Å². The van der Waals surface area contributed by atoms with Gasteiger partial charge in [-0.05, 0) is 35.9 Å². The van der Waals surface area contributed by atoms with Crippen LogP contribution in [0.3, 0.4) is 0 Å². The van der Waals surface area contributed by atoms with E-state index in [1.54, 1.807) is 24.3 Å². The maximum absolute atomic E-state index is 11.7. The smallest absolute Gasteiger partial charge is 0.338 e. The van der Waals surface area contributed by atoms with Crippen LogP contribution in [0.4, 0.5) is 0 Å². The molecule has 0 saturated heterocycles. The van der Waals surface area contributed by atoms with Crippen LogP contribution in [0.2, 0.25) is 0 Å². The van der Waals surface area contributed by atoms with Crippen molar-refractivity contribution >= 4 is 11.9 Å². The van der Waals surface area contributed by atoms with E-state index in [1.807, 2.05) is 6.07 Å². The molecule has 0 radical (unpaired) electrons. The zero-order valence-electron chi connectivity index (χ0n) is 13.2. The van der Waals surface area contributed by atoms with Crippen LogP contribution in [0.15, 0.2) is 42.5 Å². The van der Waals surface area contributed by atoms with Crippen molar-refractivity contribution in [3.63, 3.8) is 0 Å². The van der Waals surface area contributed by atoms with Gasteiger partial charge in [-0.2, -0.15) is 5.26 Å². The molecule has 0 aromatic heterocycles. The van der Waals surface area contributed by atoms with Crippen molar-refractivity contribution in [2.75, 3.05) is 14.2 Å². The Bertz CT molecular complexity index is 756. The van der Waals surface area contributed by atoms with Gasteiger partial charge in [-0.3, -0.25) is 0 Å². The Morgan fingerprint density at radius 2 is 1.50 bits per heavy atom. The first kappa shape index (κ1) is 17.0. The van der Waals surface area contributed by atoms with Crippen LogP contribution in [-0.4, -0.2) is 26.2 Å². The Hall–Kier alpha value is -3.33. The summed E-state index contributed by atoms with van der Waals surface area (Å²) in [6, 6.07) is 13.3. The molecule has 0 fully saturated rings. The Balaban J connectivity index is 2.22. The first-order chi connectivity index (χ1) is 11.6. The number of ether oxygens (including phenoxy) is 3. The Morgan fingerprint density at radius 1 is 0.958 bits per heavy atom. The molecule has 0 aliphatic heterocycles. The van der Waals surface area contributed by atoms with Crippen LogP contribution in [-0.2, 0) is 16.1 Å². The number of hydrogen-bond acceptors (Lipinski definition) is 6. The molecule has 0 saturated carbocycles. The van der Waals surface area contributed by atoms with Crippen molar-refractivity contribution in [1.29, 1.82) is 5.26 Å². The van der Waals surface area contributed by atoms with Crippen molar-refractivity contribution < 1.29 is 23.8 Å². The van der Waals surface area contributed by atoms with E-state index >= 15 is 0 Å². The van der Waals surface area contributed by atoms with E-state index in [4.69, 9.17) is 10.00 Å². The number of methoxy groups -OCH3 is 2. The molecule has 0 atom stereocenters. The van der Waals surface area contributed by atoms with Gasteiger partial charge < -0.3 is 14.2 Å². The van der Waals surface area contributed by atoms with E-state index in [0.29, 0.717) is 11.3 Å². The molecule has 0 bridgehead atoms. The number of benzene rings is 2. The van der Waals surface area contributed by atoms with Gasteiger partial charge in [-0.1, -0.05) is 12.1 Å². The summed E-state index contributed by atoms with van der Waals surface area (Å²) in [5.41, 5.74) is 1.78. The van der Waals surface area contributed by atoms with Crippen molar-refractivity contribution in [3.8, 4) is 11.8 Å². The normalized spacial score (nSPS) is 9.71. The summed E-state index contributed by atoms with van der Waals surface area (Å²) in [6.45, 7) is 0.219. The second-order valence-corrected chi connectivity index (χ2v) is 4.83. The fourth-order valence-corrected chi connectivity index (χ4v) is 2.00. The number of esters is 2. The van der Waals surface area contributed by atoms with Crippen molar-refractivity contribution in [1.82, 2.24) is 0 Å².